The summed E-state index contributed by atoms with van der Waals surface area (Å²) in [6.07, 6.45) is 0. The van der Waals surface area contributed by atoms with Crippen molar-refractivity contribution in [2.75, 3.05) is 29.6 Å². The lowest BCUT2D eigenvalue weighted by Crippen LogP contribution is -2.24. The number of benzene rings is 1. The third kappa shape index (κ3) is 2.81. The normalized spacial score (nSPS) is 10.0. The molecule has 0 atom stereocenters. The number of anilines is 2. The molecule has 0 radical (unpaired) electrons. The van der Waals surface area contributed by atoms with Gasteiger partial charge in [-0.05, 0) is 25.1 Å². The van der Waals surface area contributed by atoms with Gasteiger partial charge in [-0.25, -0.2) is 0 Å². The lowest BCUT2D eigenvalue weighted by molar-refractivity contribution is 0.870. The Labute approximate surface area is 84.3 Å². The first-order valence-electron chi connectivity index (χ1n) is 4.44. The van der Waals surface area contributed by atoms with Crippen molar-refractivity contribution < 1.29 is 0 Å². The molecule has 0 bridgehead atoms. The van der Waals surface area contributed by atoms with Gasteiger partial charge in [0.05, 0.1) is 0 Å². The number of rotatable bonds is 4. The van der Waals surface area contributed by atoms with Gasteiger partial charge < -0.3 is 10.6 Å². The maximum absolute atomic E-state index is 5.69. The van der Waals surface area contributed by atoms with Gasteiger partial charge in [0.2, 0.25) is 0 Å². The third-order valence-corrected chi connectivity index (χ3v) is 2.14. The van der Waals surface area contributed by atoms with Crippen LogP contribution in [0.15, 0.2) is 24.3 Å². The average molecular weight is 199 g/mol. The van der Waals surface area contributed by atoms with Crippen LogP contribution in [0.4, 0.5) is 11.4 Å². The molecule has 1 aromatic rings. The molecule has 72 valence electrons. The van der Waals surface area contributed by atoms with E-state index in [0.29, 0.717) is 5.88 Å². The van der Waals surface area contributed by atoms with Crippen molar-refractivity contribution in [2.45, 2.75) is 6.92 Å². The van der Waals surface area contributed by atoms with E-state index in [1.165, 1.54) is 0 Å². The van der Waals surface area contributed by atoms with Gasteiger partial charge in [0, 0.05) is 30.3 Å². The molecule has 0 aliphatic heterocycles. The van der Waals surface area contributed by atoms with Crippen LogP contribution in [0.1, 0.15) is 6.92 Å². The Morgan fingerprint density at radius 1 is 1.46 bits per heavy atom. The van der Waals surface area contributed by atoms with Crippen LogP contribution in [0.5, 0.6) is 0 Å². The molecule has 0 fully saturated rings. The van der Waals surface area contributed by atoms with Gasteiger partial charge >= 0.3 is 0 Å². The van der Waals surface area contributed by atoms with Gasteiger partial charge in [-0.2, -0.15) is 0 Å². The van der Waals surface area contributed by atoms with Crippen molar-refractivity contribution in [3.63, 3.8) is 0 Å². The van der Waals surface area contributed by atoms with Crippen LogP contribution in [-0.2, 0) is 0 Å². The highest BCUT2D eigenvalue weighted by atomic mass is 35.5. The highest BCUT2D eigenvalue weighted by Gasteiger charge is 2.02. The number of nitrogens with two attached hydrogens (primary N) is 1. The highest BCUT2D eigenvalue weighted by molar-refractivity contribution is 6.18. The number of halogens is 1. The Kier molecular flexibility index (Phi) is 3.90. The second kappa shape index (κ2) is 4.97. The van der Waals surface area contributed by atoms with Gasteiger partial charge in [0.25, 0.3) is 0 Å². The van der Waals surface area contributed by atoms with Crippen molar-refractivity contribution in [1.82, 2.24) is 0 Å². The quantitative estimate of drug-likeness (QED) is 0.595. The van der Waals surface area contributed by atoms with E-state index in [9.17, 15) is 0 Å². The van der Waals surface area contributed by atoms with Crippen molar-refractivity contribution in [3.05, 3.63) is 24.3 Å². The van der Waals surface area contributed by atoms with Crippen LogP contribution in [0.25, 0.3) is 0 Å². The summed E-state index contributed by atoms with van der Waals surface area (Å²) in [7, 11) is 0. The fraction of sp³-hybridized carbons (Fsp3) is 0.400. The second-order valence-electron chi connectivity index (χ2n) is 2.86. The van der Waals surface area contributed by atoms with Crippen molar-refractivity contribution in [1.29, 1.82) is 0 Å². The van der Waals surface area contributed by atoms with Crippen LogP contribution < -0.4 is 10.6 Å². The van der Waals surface area contributed by atoms with E-state index in [4.69, 9.17) is 17.3 Å². The lowest BCUT2D eigenvalue weighted by atomic mass is 10.2. The largest absolute Gasteiger partial charge is 0.399 e. The van der Waals surface area contributed by atoms with Crippen LogP contribution in [0.3, 0.4) is 0 Å². The molecule has 0 spiro atoms. The minimum absolute atomic E-state index is 0.642. The predicted octanol–water partition coefficient (Wildman–Crippen LogP) is 2.33. The number of hydrogen-bond acceptors (Lipinski definition) is 2. The zero-order valence-corrected chi connectivity index (χ0v) is 8.59. The average Bonchev–Trinajstić information content (AvgIpc) is 2.14. The fourth-order valence-corrected chi connectivity index (χ4v) is 1.50. The first-order chi connectivity index (χ1) is 6.27. The molecule has 1 rings (SSSR count). The molecule has 0 aliphatic rings. The highest BCUT2D eigenvalue weighted by Crippen LogP contribution is 2.16. The van der Waals surface area contributed by atoms with Gasteiger partial charge in [-0.1, -0.05) is 6.07 Å². The van der Waals surface area contributed by atoms with E-state index in [1.807, 2.05) is 24.3 Å². The number of nitrogen functional groups attached to an aromatic ring is 1. The van der Waals surface area contributed by atoms with E-state index < -0.39 is 0 Å². The molecule has 0 aromatic heterocycles. The molecule has 2 N–H and O–H groups in total. The summed E-state index contributed by atoms with van der Waals surface area (Å²) in [5.41, 5.74) is 7.63. The van der Waals surface area contributed by atoms with Crippen LogP contribution in [0.2, 0.25) is 0 Å². The van der Waals surface area contributed by atoms with Crippen molar-refractivity contribution in [3.8, 4) is 0 Å². The Morgan fingerprint density at radius 2 is 2.23 bits per heavy atom. The first-order valence-corrected chi connectivity index (χ1v) is 4.97. The molecular weight excluding hydrogens is 184 g/mol. The summed E-state index contributed by atoms with van der Waals surface area (Å²) in [5, 5.41) is 0. The topological polar surface area (TPSA) is 29.3 Å². The van der Waals surface area contributed by atoms with Crippen LogP contribution in [0, 0.1) is 0 Å². The second-order valence-corrected chi connectivity index (χ2v) is 3.24. The summed E-state index contributed by atoms with van der Waals surface area (Å²) in [5.74, 6) is 0.642. The lowest BCUT2D eigenvalue weighted by Gasteiger charge is -2.21. The predicted molar refractivity (Wildman–Crippen MR) is 59.5 cm³/mol. The minimum atomic E-state index is 0.642. The molecule has 0 unspecified atom stereocenters. The third-order valence-electron chi connectivity index (χ3n) is 1.97. The summed E-state index contributed by atoms with van der Waals surface area (Å²) in [6.45, 7) is 3.92. The van der Waals surface area contributed by atoms with Crippen molar-refractivity contribution in [2.24, 2.45) is 0 Å². The van der Waals surface area contributed by atoms with Crippen LogP contribution in [-0.4, -0.2) is 19.0 Å². The maximum Gasteiger partial charge on any atom is 0.0399 e. The van der Waals surface area contributed by atoms with Crippen LogP contribution >= 0.6 is 11.6 Å². The smallest absolute Gasteiger partial charge is 0.0399 e. The summed E-state index contributed by atoms with van der Waals surface area (Å²) in [6, 6.07) is 7.86. The molecule has 0 aliphatic carbocycles. The molecule has 2 nitrogen and oxygen atoms in total. The molecule has 3 heteroatoms. The maximum atomic E-state index is 5.69. The Morgan fingerprint density at radius 3 is 2.77 bits per heavy atom. The number of nitrogens with zero attached hydrogens (tertiary/aromatic N) is 1. The summed E-state index contributed by atoms with van der Waals surface area (Å²) in [4.78, 5) is 2.20. The molecule has 0 amide bonds. The van der Waals surface area contributed by atoms with Gasteiger partial charge in [0.1, 0.15) is 0 Å². The monoisotopic (exact) mass is 198 g/mol. The van der Waals surface area contributed by atoms with E-state index in [0.717, 1.165) is 24.5 Å². The molecule has 13 heavy (non-hydrogen) atoms. The van der Waals surface area contributed by atoms with E-state index in [2.05, 4.69) is 11.8 Å². The number of hydrogen-bond donors (Lipinski definition) is 1. The molecule has 0 saturated heterocycles. The molecule has 1 aromatic carbocycles. The van der Waals surface area contributed by atoms with Gasteiger partial charge in [-0.3, -0.25) is 0 Å². The zero-order valence-electron chi connectivity index (χ0n) is 7.83. The Balaban J connectivity index is 2.78. The van der Waals surface area contributed by atoms with Gasteiger partial charge in [0.15, 0.2) is 0 Å². The minimum Gasteiger partial charge on any atom is -0.399 e. The van der Waals surface area contributed by atoms with E-state index in [1.54, 1.807) is 0 Å². The molecule has 0 heterocycles. The van der Waals surface area contributed by atoms with E-state index in [-0.39, 0.29) is 0 Å². The standard InChI is InChI=1S/C10H15ClN2/c1-2-13(7-6-11)10-5-3-4-9(12)8-10/h3-5,8H,2,6-7,12H2,1H3. The van der Waals surface area contributed by atoms with Gasteiger partial charge in [-0.15, -0.1) is 11.6 Å². The summed E-state index contributed by atoms with van der Waals surface area (Å²) >= 11 is 5.69. The Bertz CT molecular complexity index is 263. The number of alkyl halides is 1. The Hall–Kier alpha value is -0.890. The fourth-order valence-electron chi connectivity index (χ4n) is 1.29. The molecule has 0 saturated carbocycles. The zero-order chi connectivity index (χ0) is 9.68. The van der Waals surface area contributed by atoms with Crippen molar-refractivity contribution >= 4 is 23.0 Å². The summed E-state index contributed by atoms with van der Waals surface area (Å²) < 4.78 is 0. The first kappa shape index (κ1) is 10.2. The van der Waals surface area contributed by atoms with E-state index >= 15 is 0 Å². The molecular formula is C10H15ClN2. The SMILES string of the molecule is CCN(CCCl)c1cccc(N)c1.